The monoisotopic (exact) mass is 345 g/mol. The first-order valence-electron chi connectivity index (χ1n) is 8.43. The van der Waals surface area contributed by atoms with Gasteiger partial charge in [-0.1, -0.05) is 0 Å². The number of carbonyl (C=O) groups excluding carboxylic acids is 1. The second-order valence-electron chi connectivity index (χ2n) is 6.02. The van der Waals surface area contributed by atoms with Crippen LogP contribution in [0, 0.1) is 5.92 Å². The maximum absolute atomic E-state index is 12.3. The zero-order valence-electron chi connectivity index (χ0n) is 14.3. The van der Waals surface area contributed by atoms with Gasteiger partial charge < -0.3 is 15.0 Å². The molecule has 3 rings (SSSR count). The Kier molecular flexibility index (Phi) is 6.02. The van der Waals surface area contributed by atoms with Crippen LogP contribution in [0.25, 0.3) is 11.5 Å². The Labute approximate surface area is 146 Å². The summed E-state index contributed by atoms with van der Waals surface area (Å²) in [5, 5.41) is 9.87. The number of hydrogen-bond donors (Lipinski definition) is 2. The van der Waals surface area contributed by atoms with Gasteiger partial charge in [-0.05, 0) is 25.9 Å². The Hall–Kier alpha value is -2.39. The van der Waals surface area contributed by atoms with Crippen molar-refractivity contribution in [1.82, 2.24) is 35.4 Å². The van der Waals surface area contributed by atoms with Crippen molar-refractivity contribution < 1.29 is 9.53 Å². The largest absolute Gasteiger partial charge is 0.383 e. The third kappa shape index (κ3) is 4.80. The molecular weight excluding hydrogens is 322 g/mol. The van der Waals surface area contributed by atoms with Gasteiger partial charge in [-0.25, -0.2) is 9.97 Å². The number of piperidine rings is 1. The Morgan fingerprint density at radius 1 is 1.40 bits per heavy atom. The Morgan fingerprint density at radius 3 is 2.96 bits per heavy atom. The highest BCUT2D eigenvalue weighted by Crippen LogP contribution is 2.17. The fraction of sp³-hybridized carbons (Fsp3) is 0.562. The first kappa shape index (κ1) is 17.4. The standard InChI is InChI=1S/C16H23N7O2/c1-25-9-8-23-6-2-12(3-7-23)16(24)19-11-14-20-15(22-21-14)13-10-17-4-5-18-13/h4-5,10,12H,2-3,6-9,11H2,1H3,(H,19,24)(H,20,21,22). The number of nitrogens with one attached hydrogen (secondary N) is 2. The van der Waals surface area contributed by atoms with Crippen molar-refractivity contribution in [3.63, 3.8) is 0 Å². The lowest BCUT2D eigenvalue weighted by atomic mass is 9.96. The lowest BCUT2D eigenvalue weighted by Crippen LogP contribution is -2.41. The molecule has 0 saturated carbocycles. The van der Waals surface area contributed by atoms with E-state index in [1.807, 2.05) is 0 Å². The van der Waals surface area contributed by atoms with E-state index in [4.69, 9.17) is 4.74 Å². The second kappa shape index (κ2) is 8.63. The highest BCUT2D eigenvalue weighted by atomic mass is 16.5. The van der Waals surface area contributed by atoms with E-state index in [2.05, 4.69) is 35.4 Å². The van der Waals surface area contributed by atoms with Gasteiger partial charge in [0.1, 0.15) is 11.5 Å². The number of likely N-dealkylation sites (tertiary alicyclic amines) is 1. The SMILES string of the molecule is COCCN1CCC(C(=O)NCc2nc(-c3cnccn3)n[nH]2)CC1. The van der Waals surface area contributed by atoms with Crippen LogP contribution >= 0.6 is 0 Å². The number of nitrogens with zero attached hydrogens (tertiary/aromatic N) is 5. The summed E-state index contributed by atoms with van der Waals surface area (Å²) in [5.41, 5.74) is 0.597. The van der Waals surface area contributed by atoms with Crippen molar-refractivity contribution >= 4 is 5.91 Å². The number of aromatic amines is 1. The van der Waals surface area contributed by atoms with Gasteiger partial charge in [0.2, 0.25) is 11.7 Å². The number of amides is 1. The summed E-state index contributed by atoms with van der Waals surface area (Å²) in [5.74, 6) is 1.21. The van der Waals surface area contributed by atoms with Crippen LogP contribution in [0.15, 0.2) is 18.6 Å². The fourth-order valence-electron chi connectivity index (χ4n) is 2.86. The van der Waals surface area contributed by atoms with Crippen LogP contribution in [-0.4, -0.2) is 69.3 Å². The highest BCUT2D eigenvalue weighted by Gasteiger charge is 2.24. The van der Waals surface area contributed by atoms with Gasteiger partial charge in [-0.15, -0.1) is 0 Å². The van der Waals surface area contributed by atoms with Gasteiger partial charge in [0.25, 0.3) is 0 Å². The molecule has 1 amide bonds. The van der Waals surface area contributed by atoms with Crippen LogP contribution in [-0.2, 0) is 16.1 Å². The van der Waals surface area contributed by atoms with Gasteiger partial charge in [-0.3, -0.25) is 14.9 Å². The molecule has 1 aliphatic rings. The lowest BCUT2D eigenvalue weighted by molar-refractivity contribution is -0.126. The van der Waals surface area contributed by atoms with Crippen molar-refractivity contribution in [3.05, 3.63) is 24.4 Å². The van der Waals surface area contributed by atoms with Crippen LogP contribution in [0.4, 0.5) is 0 Å². The molecular formula is C16H23N7O2. The average Bonchev–Trinajstić information content (AvgIpc) is 3.14. The van der Waals surface area contributed by atoms with Crippen LogP contribution in [0.3, 0.4) is 0 Å². The van der Waals surface area contributed by atoms with Crippen molar-refractivity contribution in [2.45, 2.75) is 19.4 Å². The van der Waals surface area contributed by atoms with Crippen molar-refractivity contribution in [2.24, 2.45) is 5.92 Å². The molecule has 3 heterocycles. The minimum atomic E-state index is 0.0566. The summed E-state index contributed by atoms with van der Waals surface area (Å²) in [6, 6.07) is 0. The van der Waals surface area contributed by atoms with E-state index >= 15 is 0 Å². The molecule has 0 radical (unpaired) electrons. The number of H-pyrrole nitrogens is 1. The lowest BCUT2D eigenvalue weighted by Gasteiger charge is -2.30. The molecule has 0 bridgehead atoms. The summed E-state index contributed by atoms with van der Waals surface area (Å²) in [4.78, 5) is 27.1. The zero-order chi connectivity index (χ0) is 17.5. The van der Waals surface area contributed by atoms with Crippen LogP contribution in [0.2, 0.25) is 0 Å². The molecule has 0 spiro atoms. The maximum Gasteiger partial charge on any atom is 0.223 e. The molecule has 2 aromatic heterocycles. The molecule has 0 unspecified atom stereocenters. The molecule has 9 heteroatoms. The number of ether oxygens (including phenoxy) is 1. The van der Waals surface area contributed by atoms with Gasteiger partial charge in [0.05, 0.1) is 19.3 Å². The molecule has 25 heavy (non-hydrogen) atoms. The molecule has 2 aromatic rings. The molecule has 0 aliphatic carbocycles. The van der Waals surface area contributed by atoms with E-state index in [0.29, 0.717) is 23.9 Å². The predicted octanol–water partition coefficient (Wildman–Crippen LogP) is 0.236. The number of aromatic nitrogens is 5. The molecule has 0 atom stereocenters. The molecule has 1 fully saturated rings. The Bertz CT molecular complexity index is 668. The molecule has 9 nitrogen and oxygen atoms in total. The van der Waals surface area contributed by atoms with Gasteiger partial charge in [0, 0.05) is 32.0 Å². The smallest absolute Gasteiger partial charge is 0.223 e. The number of hydrogen-bond acceptors (Lipinski definition) is 7. The van der Waals surface area contributed by atoms with E-state index < -0.39 is 0 Å². The predicted molar refractivity (Wildman–Crippen MR) is 90.3 cm³/mol. The topological polar surface area (TPSA) is 109 Å². The third-order valence-corrected chi connectivity index (χ3v) is 4.32. The minimum absolute atomic E-state index is 0.0566. The van der Waals surface area contributed by atoms with E-state index in [0.717, 1.165) is 39.1 Å². The minimum Gasteiger partial charge on any atom is -0.383 e. The van der Waals surface area contributed by atoms with Gasteiger partial charge in [-0.2, -0.15) is 5.10 Å². The summed E-state index contributed by atoms with van der Waals surface area (Å²) in [6.07, 6.45) is 6.53. The van der Waals surface area contributed by atoms with Crippen LogP contribution < -0.4 is 5.32 Å². The van der Waals surface area contributed by atoms with Gasteiger partial charge in [0.15, 0.2) is 0 Å². The average molecular weight is 345 g/mol. The zero-order valence-corrected chi connectivity index (χ0v) is 14.3. The maximum atomic E-state index is 12.3. The number of methoxy groups -OCH3 is 1. The molecule has 134 valence electrons. The summed E-state index contributed by atoms with van der Waals surface area (Å²) in [7, 11) is 1.71. The van der Waals surface area contributed by atoms with E-state index in [1.54, 1.807) is 25.7 Å². The van der Waals surface area contributed by atoms with Crippen molar-refractivity contribution in [1.29, 1.82) is 0 Å². The number of carbonyl (C=O) groups is 1. The third-order valence-electron chi connectivity index (χ3n) is 4.32. The normalized spacial score (nSPS) is 16.0. The molecule has 0 aromatic carbocycles. The fourth-order valence-corrected chi connectivity index (χ4v) is 2.86. The highest BCUT2D eigenvalue weighted by molar-refractivity contribution is 5.78. The van der Waals surface area contributed by atoms with E-state index in [1.165, 1.54) is 0 Å². The van der Waals surface area contributed by atoms with E-state index in [-0.39, 0.29) is 11.8 Å². The van der Waals surface area contributed by atoms with Crippen LogP contribution in [0.5, 0.6) is 0 Å². The van der Waals surface area contributed by atoms with Crippen LogP contribution in [0.1, 0.15) is 18.7 Å². The van der Waals surface area contributed by atoms with E-state index in [9.17, 15) is 4.79 Å². The van der Waals surface area contributed by atoms with Gasteiger partial charge >= 0.3 is 0 Å². The molecule has 1 saturated heterocycles. The Morgan fingerprint density at radius 2 is 2.24 bits per heavy atom. The molecule has 2 N–H and O–H groups in total. The first-order chi connectivity index (χ1) is 12.3. The van der Waals surface area contributed by atoms with Crippen molar-refractivity contribution in [2.75, 3.05) is 33.4 Å². The summed E-state index contributed by atoms with van der Waals surface area (Å²) in [6.45, 7) is 3.85. The van der Waals surface area contributed by atoms with Crippen molar-refractivity contribution in [3.8, 4) is 11.5 Å². The second-order valence-corrected chi connectivity index (χ2v) is 6.02. The summed E-state index contributed by atoms with van der Waals surface area (Å²) >= 11 is 0. The Balaban J connectivity index is 1.45. The molecule has 1 aliphatic heterocycles. The quantitative estimate of drug-likeness (QED) is 0.739. The number of rotatable bonds is 7. The first-order valence-corrected chi connectivity index (χ1v) is 8.43. The summed E-state index contributed by atoms with van der Waals surface area (Å²) < 4.78 is 5.09.